The van der Waals surface area contributed by atoms with Crippen LogP contribution >= 0.6 is 0 Å². The van der Waals surface area contributed by atoms with Gasteiger partial charge in [0.1, 0.15) is 5.82 Å². The smallest absolute Gasteiger partial charge is 0.130 e. The summed E-state index contributed by atoms with van der Waals surface area (Å²) in [5, 5.41) is 3.19. The predicted molar refractivity (Wildman–Crippen MR) is 92.7 cm³/mol. The number of nitrogens with one attached hydrogen (secondary N) is 1. The van der Waals surface area contributed by atoms with E-state index in [9.17, 15) is 0 Å². The average molecular weight is 279 g/mol. The summed E-state index contributed by atoms with van der Waals surface area (Å²) in [6.07, 6.45) is 7.06. The minimum atomic E-state index is 0.726. The highest BCUT2D eigenvalue weighted by molar-refractivity contribution is 6.02. The third-order valence-corrected chi connectivity index (χ3v) is 2.96. The summed E-state index contributed by atoms with van der Waals surface area (Å²) in [7, 11) is 1.77. The molecule has 3 heteroatoms. The fourth-order valence-electron chi connectivity index (χ4n) is 1.74. The summed E-state index contributed by atoms with van der Waals surface area (Å²) in [6.45, 7) is 15.2. The molecule has 1 N–H and O–H groups in total. The van der Waals surface area contributed by atoms with Crippen molar-refractivity contribution < 1.29 is 0 Å². The van der Waals surface area contributed by atoms with E-state index in [2.05, 4.69) is 40.8 Å². The first-order valence-corrected chi connectivity index (χ1v) is 6.58. The fraction of sp³-hybridized carbons (Fsp3) is 0.167. The highest BCUT2D eigenvalue weighted by Gasteiger charge is 2.08. The number of anilines is 1. The Kier molecular flexibility index (Phi) is 6.12. The van der Waals surface area contributed by atoms with Crippen molar-refractivity contribution in [2.45, 2.75) is 13.8 Å². The third-order valence-electron chi connectivity index (χ3n) is 2.96. The van der Waals surface area contributed by atoms with Crippen LogP contribution in [0.25, 0.3) is 5.57 Å². The Morgan fingerprint density at radius 2 is 2.10 bits per heavy atom. The Bertz CT molecular complexity index is 657. The van der Waals surface area contributed by atoms with Gasteiger partial charge in [-0.2, -0.15) is 0 Å². The van der Waals surface area contributed by atoms with Crippen molar-refractivity contribution in [3.63, 3.8) is 0 Å². The maximum atomic E-state index is 4.42. The zero-order valence-corrected chi connectivity index (χ0v) is 12.9. The molecule has 0 aliphatic carbocycles. The number of hydrogen-bond donors (Lipinski definition) is 1. The zero-order chi connectivity index (χ0) is 15.8. The number of aliphatic imine (C=N–C) groups is 1. The average Bonchev–Trinajstić information content (AvgIpc) is 2.50. The van der Waals surface area contributed by atoms with Crippen molar-refractivity contribution in [3.8, 4) is 0 Å². The molecule has 0 saturated carbocycles. The second kappa shape index (κ2) is 7.83. The molecule has 108 valence electrons. The number of aromatic nitrogens is 1. The van der Waals surface area contributed by atoms with E-state index in [1.54, 1.807) is 25.4 Å². The summed E-state index contributed by atoms with van der Waals surface area (Å²) in [5.74, 6) is 0.726. The van der Waals surface area contributed by atoms with Gasteiger partial charge in [-0.05, 0) is 43.7 Å². The maximum Gasteiger partial charge on any atom is 0.130 e. The normalized spacial score (nSPS) is 11.6. The van der Waals surface area contributed by atoms with Gasteiger partial charge in [0.15, 0.2) is 0 Å². The van der Waals surface area contributed by atoms with Crippen LogP contribution in [0.1, 0.15) is 25.0 Å². The molecule has 1 aromatic heterocycles. The van der Waals surface area contributed by atoms with Gasteiger partial charge in [0, 0.05) is 30.2 Å². The van der Waals surface area contributed by atoms with Gasteiger partial charge >= 0.3 is 0 Å². The molecule has 0 aliphatic rings. The van der Waals surface area contributed by atoms with Gasteiger partial charge in [-0.1, -0.05) is 25.3 Å². The molecule has 0 spiro atoms. The molecule has 1 heterocycles. The molecule has 0 aliphatic heterocycles. The lowest BCUT2D eigenvalue weighted by molar-refractivity contribution is 1.26. The van der Waals surface area contributed by atoms with E-state index in [4.69, 9.17) is 0 Å². The molecule has 0 fully saturated rings. The minimum Gasteiger partial charge on any atom is -0.340 e. The van der Waals surface area contributed by atoms with Crippen molar-refractivity contribution in [2.75, 3.05) is 12.4 Å². The molecule has 0 unspecified atom stereocenters. The van der Waals surface area contributed by atoms with Crippen molar-refractivity contribution in [1.82, 2.24) is 4.98 Å². The molecular formula is C18H21N3. The molecule has 1 rings (SSSR count). The van der Waals surface area contributed by atoms with Crippen LogP contribution in [-0.2, 0) is 0 Å². The number of pyridine rings is 1. The van der Waals surface area contributed by atoms with Crippen LogP contribution in [0.15, 0.2) is 66.6 Å². The van der Waals surface area contributed by atoms with Crippen LogP contribution in [0.3, 0.4) is 0 Å². The molecule has 21 heavy (non-hydrogen) atoms. The second-order valence-corrected chi connectivity index (χ2v) is 4.53. The number of hydrogen-bond acceptors (Lipinski definition) is 3. The first-order valence-electron chi connectivity index (χ1n) is 6.58. The molecule has 0 bridgehead atoms. The standard InChI is InChI=1S/C18H21N3/c1-7-9-10-15(8-2)21-18-11-16(13(3)4)17(12-20-18)14(5)19-6/h8-12H,1-3H2,4-6H3,(H,20,21)/b15-10+,19-14-. The van der Waals surface area contributed by atoms with E-state index in [0.29, 0.717) is 0 Å². The van der Waals surface area contributed by atoms with Crippen molar-refractivity contribution in [3.05, 3.63) is 72.8 Å². The van der Waals surface area contributed by atoms with Gasteiger partial charge in [-0.15, -0.1) is 5.73 Å². The van der Waals surface area contributed by atoms with Crippen LogP contribution < -0.4 is 5.32 Å². The fourth-order valence-corrected chi connectivity index (χ4v) is 1.74. The van der Waals surface area contributed by atoms with E-state index >= 15 is 0 Å². The van der Waals surface area contributed by atoms with E-state index in [1.165, 1.54) is 0 Å². The van der Waals surface area contributed by atoms with Gasteiger partial charge in [0.2, 0.25) is 0 Å². The van der Waals surface area contributed by atoms with Crippen molar-refractivity contribution >= 4 is 17.1 Å². The summed E-state index contributed by atoms with van der Waals surface area (Å²) in [4.78, 5) is 8.63. The Hall–Kier alpha value is -2.64. The van der Waals surface area contributed by atoms with Crippen LogP contribution in [0.4, 0.5) is 5.82 Å². The molecule has 0 amide bonds. The Labute approximate surface area is 126 Å². The summed E-state index contributed by atoms with van der Waals surface area (Å²) < 4.78 is 0. The third kappa shape index (κ3) is 4.44. The Morgan fingerprint density at radius 1 is 1.38 bits per heavy atom. The van der Waals surface area contributed by atoms with E-state index in [-0.39, 0.29) is 0 Å². The molecule has 1 aromatic rings. The summed E-state index contributed by atoms with van der Waals surface area (Å²) in [5.41, 5.74) is 7.42. The first-order chi connectivity index (χ1) is 10.0. The zero-order valence-electron chi connectivity index (χ0n) is 12.9. The lowest BCUT2D eigenvalue weighted by Crippen LogP contribution is -2.05. The lowest BCUT2D eigenvalue weighted by atomic mass is 10.0. The van der Waals surface area contributed by atoms with E-state index < -0.39 is 0 Å². The van der Waals surface area contributed by atoms with Gasteiger partial charge in [-0.3, -0.25) is 4.99 Å². The highest BCUT2D eigenvalue weighted by Crippen LogP contribution is 2.21. The SMILES string of the molecule is C=C=C/C=C(\C=C)Nc1cc(C(=C)C)c(/C(C)=N\C)cn1. The van der Waals surface area contributed by atoms with Gasteiger partial charge in [0.25, 0.3) is 0 Å². The molecule has 3 nitrogen and oxygen atoms in total. The lowest BCUT2D eigenvalue weighted by Gasteiger charge is -2.12. The topological polar surface area (TPSA) is 37.3 Å². The van der Waals surface area contributed by atoms with E-state index in [1.807, 2.05) is 26.0 Å². The van der Waals surface area contributed by atoms with Crippen LogP contribution in [-0.4, -0.2) is 17.7 Å². The predicted octanol–water partition coefficient (Wildman–Crippen LogP) is 4.38. The minimum absolute atomic E-state index is 0.726. The molecular weight excluding hydrogens is 258 g/mol. The highest BCUT2D eigenvalue weighted by atomic mass is 15.0. The largest absolute Gasteiger partial charge is 0.340 e. The summed E-state index contributed by atoms with van der Waals surface area (Å²) >= 11 is 0. The molecule has 0 atom stereocenters. The van der Waals surface area contributed by atoms with Crippen LogP contribution in [0.5, 0.6) is 0 Å². The maximum absolute atomic E-state index is 4.42. The molecule has 0 aromatic carbocycles. The second-order valence-electron chi connectivity index (χ2n) is 4.53. The Morgan fingerprint density at radius 3 is 2.62 bits per heavy atom. The molecule has 0 radical (unpaired) electrons. The van der Waals surface area contributed by atoms with E-state index in [0.717, 1.165) is 33.9 Å². The van der Waals surface area contributed by atoms with Gasteiger partial charge in [-0.25, -0.2) is 4.98 Å². The van der Waals surface area contributed by atoms with Crippen LogP contribution in [0, 0.1) is 0 Å². The summed E-state index contributed by atoms with van der Waals surface area (Å²) in [6, 6.07) is 1.96. The van der Waals surface area contributed by atoms with Gasteiger partial charge in [0.05, 0.1) is 0 Å². The van der Waals surface area contributed by atoms with Crippen molar-refractivity contribution in [1.29, 1.82) is 0 Å². The quantitative estimate of drug-likeness (QED) is 0.477. The Balaban J connectivity index is 3.23. The first kappa shape index (κ1) is 16.4. The number of rotatable bonds is 6. The van der Waals surface area contributed by atoms with Crippen LogP contribution in [0.2, 0.25) is 0 Å². The monoisotopic (exact) mass is 279 g/mol. The number of nitrogens with zero attached hydrogens (tertiary/aromatic N) is 2. The molecule has 0 saturated heterocycles. The van der Waals surface area contributed by atoms with Gasteiger partial charge < -0.3 is 5.32 Å². The van der Waals surface area contributed by atoms with Crippen molar-refractivity contribution in [2.24, 2.45) is 4.99 Å². The number of allylic oxidation sites excluding steroid dienone is 4.